The van der Waals surface area contributed by atoms with Gasteiger partial charge in [-0.05, 0) is 36.6 Å². The quantitative estimate of drug-likeness (QED) is 0.782. The maximum Gasteiger partial charge on any atom is 0.354 e. The SMILES string of the molecule is COC(=O)c1cc(CN2CCC(C)(CN)C2)c[nH]1. The summed E-state index contributed by atoms with van der Waals surface area (Å²) in [5.41, 5.74) is 7.64. The fourth-order valence-corrected chi connectivity index (χ4v) is 2.44. The number of nitrogens with two attached hydrogens (primary N) is 1. The normalized spacial score (nSPS) is 24.4. The van der Waals surface area contributed by atoms with Gasteiger partial charge in [-0.15, -0.1) is 0 Å². The number of esters is 1. The number of H-pyrrole nitrogens is 1. The van der Waals surface area contributed by atoms with E-state index < -0.39 is 0 Å². The molecule has 1 aliphatic heterocycles. The smallest absolute Gasteiger partial charge is 0.354 e. The van der Waals surface area contributed by atoms with E-state index in [4.69, 9.17) is 5.73 Å². The summed E-state index contributed by atoms with van der Waals surface area (Å²) >= 11 is 0. The van der Waals surface area contributed by atoms with Crippen LogP contribution < -0.4 is 5.73 Å². The Hall–Kier alpha value is -1.33. The minimum atomic E-state index is -0.325. The lowest BCUT2D eigenvalue weighted by atomic mass is 9.90. The topological polar surface area (TPSA) is 71.3 Å². The van der Waals surface area contributed by atoms with Gasteiger partial charge in [0.25, 0.3) is 0 Å². The molecule has 1 fully saturated rings. The van der Waals surface area contributed by atoms with Crippen LogP contribution in [0.25, 0.3) is 0 Å². The first-order chi connectivity index (χ1) is 8.56. The Bertz CT molecular complexity index is 430. The van der Waals surface area contributed by atoms with Gasteiger partial charge >= 0.3 is 5.97 Å². The number of aromatic nitrogens is 1. The fraction of sp³-hybridized carbons (Fsp3) is 0.615. The number of nitrogens with one attached hydrogen (secondary N) is 1. The van der Waals surface area contributed by atoms with Crippen LogP contribution in [0.1, 0.15) is 29.4 Å². The van der Waals surface area contributed by atoms with Gasteiger partial charge in [-0.2, -0.15) is 0 Å². The minimum absolute atomic E-state index is 0.238. The minimum Gasteiger partial charge on any atom is -0.464 e. The van der Waals surface area contributed by atoms with E-state index in [9.17, 15) is 4.79 Å². The van der Waals surface area contributed by atoms with E-state index in [1.54, 1.807) is 0 Å². The number of carbonyl (C=O) groups excluding carboxylic acids is 1. The van der Waals surface area contributed by atoms with Gasteiger partial charge in [-0.3, -0.25) is 4.90 Å². The molecule has 2 heterocycles. The number of ether oxygens (including phenoxy) is 1. The summed E-state index contributed by atoms with van der Waals surface area (Å²) in [6.45, 7) is 5.88. The predicted molar refractivity (Wildman–Crippen MR) is 69.2 cm³/mol. The summed E-state index contributed by atoms with van der Waals surface area (Å²) < 4.78 is 4.67. The van der Waals surface area contributed by atoms with Crippen molar-refractivity contribution in [2.24, 2.45) is 11.1 Å². The van der Waals surface area contributed by atoms with Crippen molar-refractivity contribution < 1.29 is 9.53 Å². The molecule has 1 unspecified atom stereocenters. The van der Waals surface area contributed by atoms with Crippen molar-refractivity contribution >= 4 is 5.97 Å². The lowest BCUT2D eigenvalue weighted by Crippen LogP contribution is -2.31. The standard InChI is InChI=1S/C13H21N3O2/c1-13(8-14)3-4-16(9-13)7-10-5-11(15-6-10)12(17)18-2/h5-6,15H,3-4,7-9,14H2,1-2H3. The summed E-state index contributed by atoms with van der Waals surface area (Å²) in [6.07, 6.45) is 3.00. The molecule has 0 aromatic carbocycles. The number of likely N-dealkylation sites (tertiary alicyclic amines) is 1. The van der Waals surface area contributed by atoms with E-state index in [1.165, 1.54) is 7.11 Å². The molecule has 0 bridgehead atoms. The average Bonchev–Trinajstić information content (AvgIpc) is 2.97. The third kappa shape index (κ3) is 2.73. The summed E-state index contributed by atoms with van der Waals surface area (Å²) in [4.78, 5) is 16.6. The highest BCUT2D eigenvalue weighted by Crippen LogP contribution is 2.29. The molecule has 100 valence electrons. The van der Waals surface area contributed by atoms with Gasteiger partial charge in [-0.1, -0.05) is 6.92 Å². The van der Waals surface area contributed by atoms with Crippen molar-refractivity contribution in [1.29, 1.82) is 0 Å². The van der Waals surface area contributed by atoms with Crippen LogP contribution in [0.4, 0.5) is 0 Å². The van der Waals surface area contributed by atoms with Crippen LogP contribution in [0.5, 0.6) is 0 Å². The molecule has 1 aliphatic rings. The number of methoxy groups -OCH3 is 1. The Morgan fingerprint density at radius 2 is 2.44 bits per heavy atom. The number of rotatable bonds is 4. The molecule has 0 radical (unpaired) electrons. The zero-order valence-corrected chi connectivity index (χ0v) is 11.0. The number of nitrogens with zero attached hydrogens (tertiary/aromatic N) is 1. The highest BCUT2D eigenvalue weighted by Gasteiger charge is 2.32. The van der Waals surface area contributed by atoms with E-state index in [0.717, 1.165) is 38.2 Å². The fourth-order valence-electron chi connectivity index (χ4n) is 2.44. The molecular weight excluding hydrogens is 230 g/mol. The van der Waals surface area contributed by atoms with Gasteiger partial charge in [-0.25, -0.2) is 4.79 Å². The highest BCUT2D eigenvalue weighted by molar-refractivity contribution is 5.87. The van der Waals surface area contributed by atoms with Crippen LogP contribution in [0.2, 0.25) is 0 Å². The Morgan fingerprint density at radius 1 is 1.67 bits per heavy atom. The first kappa shape index (κ1) is 13.1. The van der Waals surface area contributed by atoms with Crippen LogP contribution in [0.15, 0.2) is 12.3 Å². The Morgan fingerprint density at radius 3 is 3.06 bits per heavy atom. The second-order valence-corrected chi connectivity index (χ2v) is 5.39. The van der Waals surface area contributed by atoms with E-state index in [1.807, 2.05) is 12.3 Å². The van der Waals surface area contributed by atoms with Crippen LogP contribution in [-0.4, -0.2) is 42.6 Å². The number of hydrogen-bond acceptors (Lipinski definition) is 4. The molecule has 1 atom stereocenters. The zero-order chi connectivity index (χ0) is 13.2. The third-order valence-electron chi connectivity index (χ3n) is 3.68. The maximum atomic E-state index is 11.3. The molecule has 0 saturated carbocycles. The summed E-state index contributed by atoms with van der Waals surface area (Å²) in [6, 6.07) is 1.85. The first-order valence-corrected chi connectivity index (χ1v) is 6.24. The monoisotopic (exact) mass is 251 g/mol. The molecule has 0 aliphatic carbocycles. The molecule has 0 spiro atoms. The molecular formula is C13H21N3O2. The lowest BCUT2D eigenvalue weighted by molar-refractivity contribution is 0.0595. The summed E-state index contributed by atoms with van der Waals surface area (Å²) in [5, 5.41) is 0. The van der Waals surface area contributed by atoms with E-state index in [-0.39, 0.29) is 11.4 Å². The molecule has 18 heavy (non-hydrogen) atoms. The second-order valence-electron chi connectivity index (χ2n) is 5.39. The molecule has 3 N–H and O–H groups in total. The Kier molecular flexibility index (Phi) is 3.73. The number of hydrogen-bond donors (Lipinski definition) is 2. The van der Waals surface area contributed by atoms with E-state index in [0.29, 0.717) is 5.69 Å². The van der Waals surface area contributed by atoms with Crippen LogP contribution in [0, 0.1) is 5.41 Å². The van der Waals surface area contributed by atoms with Crippen molar-refractivity contribution in [3.05, 3.63) is 23.5 Å². The zero-order valence-electron chi connectivity index (χ0n) is 11.0. The molecule has 1 saturated heterocycles. The average molecular weight is 251 g/mol. The molecule has 5 heteroatoms. The van der Waals surface area contributed by atoms with Crippen molar-refractivity contribution in [3.8, 4) is 0 Å². The first-order valence-electron chi connectivity index (χ1n) is 6.24. The molecule has 0 amide bonds. The van der Waals surface area contributed by atoms with Gasteiger partial charge in [0, 0.05) is 19.3 Å². The van der Waals surface area contributed by atoms with E-state index in [2.05, 4.69) is 21.5 Å². The second kappa shape index (κ2) is 5.12. The molecule has 1 aromatic rings. The molecule has 1 aromatic heterocycles. The Labute approximate surface area is 107 Å². The summed E-state index contributed by atoms with van der Waals surface area (Å²) in [5.74, 6) is -0.325. The maximum absolute atomic E-state index is 11.3. The van der Waals surface area contributed by atoms with Crippen molar-refractivity contribution in [2.45, 2.75) is 19.9 Å². The van der Waals surface area contributed by atoms with Gasteiger partial charge in [0.2, 0.25) is 0 Å². The predicted octanol–water partition coefficient (Wildman–Crippen LogP) is 0.972. The number of carbonyl (C=O) groups is 1. The third-order valence-corrected chi connectivity index (χ3v) is 3.68. The highest BCUT2D eigenvalue weighted by atomic mass is 16.5. The van der Waals surface area contributed by atoms with Gasteiger partial charge in [0.1, 0.15) is 5.69 Å². The van der Waals surface area contributed by atoms with Crippen molar-refractivity contribution in [2.75, 3.05) is 26.7 Å². The molecule has 5 nitrogen and oxygen atoms in total. The van der Waals surface area contributed by atoms with Gasteiger partial charge in [0.05, 0.1) is 7.11 Å². The van der Waals surface area contributed by atoms with Crippen molar-refractivity contribution in [3.63, 3.8) is 0 Å². The van der Waals surface area contributed by atoms with Gasteiger partial charge in [0.15, 0.2) is 0 Å². The van der Waals surface area contributed by atoms with Crippen LogP contribution in [0.3, 0.4) is 0 Å². The largest absolute Gasteiger partial charge is 0.464 e. The lowest BCUT2D eigenvalue weighted by Gasteiger charge is -2.22. The Balaban J connectivity index is 1.95. The molecule has 2 rings (SSSR count). The number of aromatic amines is 1. The summed E-state index contributed by atoms with van der Waals surface area (Å²) in [7, 11) is 1.38. The van der Waals surface area contributed by atoms with Crippen LogP contribution >= 0.6 is 0 Å². The van der Waals surface area contributed by atoms with Gasteiger partial charge < -0.3 is 15.5 Å². The van der Waals surface area contributed by atoms with Crippen LogP contribution in [-0.2, 0) is 11.3 Å². The van der Waals surface area contributed by atoms with Crippen molar-refractivity contribution in [1.82, 2.24) is 9.88 Å². The van der Waals surface area contributed by atoms with E-state index >= 15 is 0 Å².